The standard InChI is InChI=1S/C16H10BrF3S/c17-12(5-9-1-4-13(19)14(20)6-9)16-7-10-2-3-11(18)8-15(10)21-16/h1-4,6-8,12H,5H2. The number of alkyl halides is 1. The van der Waals surface area contributed by atoms with Gasteiger partial charge in [0, 0.05) is 9.58 Å². The van der Waals surface area contributed by atoms with Gasteiger partial charge in [0.1, 0.15) is 5.82 Å². The van der Waals surface area contributed by atoms with Crippen LogP contribution in [0.4, 0.5) is 13.2 Å². The van der Waals surface area contributed by atoms with E-state index in [-0.39, 0.29) is 10.6 Å². The zero-order valence-corrected chi connectivity index (χ0v) is 13.1. The summed E-state index contributed by atoms with van der Waals surface area (Å²) in [4.78, 5) is 1.00. The van der Waals surface area contributed by atoms with Gasteiger partial charge in [-0.3, -0.25) is 0 Å². The predicted molar refractivity (Wildman–Crippen MR) is 83.5 cm³/mol. The fraction of sp³-hybridized carbons (Fsp3) is 0.125. The Labute approximate surface area is 132 Å². The van der Waals surface area contributed by atoms with Gasteiger partial charge in [-0.05, 0) is 47.7 Å². The van der Waals surface area contributed by atoms with Crippen molar-refractivity contribution in [3.8, 4) is 0 Å². The lowest BCUT2D eigenvalue weighted by atomic mass is 10.1. The lowest BCUT2D eigenvalue weighted by Crippen LogP contribution is -1.95. The molecule has 0 nitrogen and oxygen atoms in total. The molecule has 0 bridgehead atoms. The van der Waals surface area contributed by atoms with Crippen LogP contribution >= 0.6 is 27.3 Å². The second kappa shape index (κ2) is 5.81. The van der Waals surface area contributed by atoms with Crippen LogP contribution in [0.1, 0.15) is 15.3 Å². The molecule has 0 saturated carbocycles. The number of halogens is 4. The Morgan fingerprint density at radius 3 is 2.52 bits per heavy atom. The second-order valence-electron chi connectivity index (χ2n) is 4.75. The molecule has 5 heteroatoms. The van der Waals surface area contributed by atoms with Gasteiger partial charge in [-0.15, -0.1) is 11.3 Å². The highest BCUT2D eigenvalue weighted by Gasteiger charge is 2.14. The summed E-state index contributed by atoms with van der Waals surface area (Å²) < 4.78 is 40.2. The van der Waals surface area contributed by atoms with E-state index in [0.717, 1.165) is 21.0 Å². The molecule has 0 spiro atoms. The van der Waals surface area contributed by atoms with Gasteiger partial charge in [-0.25, -0.2) is 13.2 Å². The average molecular weight is 371 g/mol. The first-order valence-corrected chi connectivity index (χ1v) is 8.03. The molecule has 1 unspecified atom stereocenters. The van der Waals surface area contributed by atoms with Crippen LogP contribution in [0.2, 0.25) is 0 Å². The Hall–Kier alpha value is -1.33. The van der Waals surface area contributed by atoms with Crippen LogP contribution in [0.15, 0.2) is 42.5 Å². The van der Waals surface area contributed by atoms with Crippen molar-refractivity contribution in [2.75, 3.05) is 0 Å². The number of benzene rings is 2. The summed E-state index contributed by atoms with van der Waals surface area (Å²) in [5.41, 5.74) is 0.708. The average Bonchev–Trinajstić information content (AvgIpc) is 2.86. The molecule has 0 saturated heterocycles. The number of thiophene rings is 1. The van der Waals surface area contributed by atoms with E-state index in [1.54, 1.807) is 12.1 Å². The first-order chi connectivity index (χ1) is 10.0. The SMILES string of the molecule is Fc1ccc2cc(C(Br)Cc3ccc(F)c(F)c3)sc2c1. The van der Waals surface area contributed by atoms with Gasteiger partial charge in [0.25, 0.3) is 0 Å². The summed E-state index contributed by atoms with van der Waals surface area (Å²) in [7, 11) is 0. The van der Waals surface area contributed by atoms with Crippen molar-refractivity contribution in [3.05, 3.63) is 70.4 Å². The number of rotatable bonds is 3. The van der Waals surface area contributed by atoms with Gasteiger partial charge in [-0.1, -0.05) is 28.1 Å². The van der Waals surface area contributed by atoms with E-state index in [0.29, 0.717) is 12.0 Å². The van der Waals surface area contributed by atoms with Crippen molar-refractivity contribution in [3.63, 3.8) is 0 Å². The molecule has 0 aliphatic rings. The molecule has 1 atom stereocenters. The Morgan fingerprint density at radius 2 is 1.76 bits per heavy atom. The highest BCUT2D eigenvalue weighted by molar-refractivity contribution is 9.09. The Balaban J connectivity index is 1.85. The lowest BCUT2D eigenvalue weighted by Gasteiger charge is -2.07. The molecule has 0 radical (unpaired) electrons. The Bertz CT molecular complexity index is 797. The van der Waals surface area contributed by atoms with Gasteiger partial charge in [0.15, 0.2) is 11.6 Å². The maximum atomic E-state index is 13.2. The monoisotopic (exact) mass is 370 g/mol. The molecule has 21 heavy (non-hydrogen) atoms. The smallest absolute Gasteiger partial charge is 0.159 e. The molecule has 0 aliphatic heterocycles. The number of fused-ring (bicyclic) bond motifs is 1. The number of hydrogen-bond acceptors (Lipinski definition) is 1. The Morgan fingerprint density at radius 1 is 0.952 bits per heavy atom. The minimum absolute atomic E-state index is 0.0252. The fourth-order valence-corrected chi connectivity index (χ4v) is 4.01. The topological polar surface area (TPSA) is 0 Å². The summed E-state index contributed by atoms with van der Waals surface area (Å²) >= 11 is 5.05. The molecule has 1 aromatic heterocycles. The van der Waals surface area contributed by atoms with E-state index >= 15 is 0 Å². The first-order valence-electron chi connectivity index (χ1n) is 6.30. The van der Waals surface area contributed by atoms with Crippen molar-refractivity contribution in [2.24, 2.45) is 0 Å². The third-order valence-corrected chi connectivity index (χ3v) is 5.54. The van der Waals surface area contributed by atoms with Crippen molar-refractivity contribution in [1.82, 2.24) is 0 Å². The van der Waals surface area contributed by atoms with Gasteiger partial charge in [0.05, 0.1) is 4.83 Å². The van der Waals surface area contributed by atoms with Gasteiger partial charge >= 0.3 is 0 Å². The quantitative estimate of drug-likeness (QED) is 0.496. The zero-order chi connectivity index (χ0) is 15.0. The van der Waals surface area contributed by atoms with Gasteiger partial charge in [0.2, 0.25) is 0 Å². The van der Waals surface area contributed by atoms with Crippen LogP contribution in [0, 0.1) is 17.5 Å². The maximum Gasteiger partial charge on any atom is 0.159 e. The summed E-state index contributed by atoms with van der Waals surface area (Å²) in [5, 5.41) is 0.978. The number of hydrogen-bond donors (Lipinski definition) is 0. The van der Waals surface area contributed by atoms with Gasteiger partial charge < -0.3 is 0 Å². The van der Waals surface area contributed by atoms with Crippen molar-refractivity contribution in [1.29, 1.82) is 0 Å². The van der Waals surface area contributed by atoms with Crippen molar-refractivity contribution >= 4 is 37.4 Å². The van der Waals surface area contributed by atoms with Crippen LogP contribution in [0.25, 0.3) is 10.1 Å². The molecular formula is C16H10BrF3S. The predicted octanol–water partition coefficient (Wildman–Crippen LogP) is 6.00. The van der Waals surface area contributed by atoms with Crippen LogP contribution in [0.5, 0.6) is 0 Å². The van der Waals surface area contributed by atoms with Crippen molar-refractivity contribution in [2.45, 2.75) is 11.2 Å². The van der Waals surface area contributed by atoms with Crippen molar-refractivity contribution < 1.29 is 13.2 Å². The van der Waals surface area contributed by atoms with E-state index in [1.807, 2.05) is 6.07 Å². The van der Waals surface area contributed by atoms with Gasteiger partial charge in [-0.2, -0.15) is 0 Å². The van der Waals surface area contributed by atoms with Crippen LogP contribution in [-0.2, 0) is 6.42 Å². The maximum absolute atomic E-state index is 13.2. The summed E-state index contributed by atoms with van der Waals surface area (Å²) in [5.74, 6) is -1.95. The highest BCUT2D eigenvalue weighted by atomic mass is 79.9. The third-order valence-electron chi connectivity index (χ3n) is 3.21. The normalized spacial score (nSPS) is 12.8. The lowest BCUT2D eigenvalue weighted by molar-refractivity contribution is 0.507. The summed E-state index contributed by atoms with van der Waals surface area (Å²) in [6.45, 7) is 0. The highest BCUT2D eigenvalue weighted by Crippen LogP contribution is 2.36. The van der Waals surface area contributed by atoms with E-state index in [9.17, 15) is 13.2 Å². The van der Waals surface area contributed by atoms with E-state index in [4.69, 9.17) is 0 Å². The van der Waals surface area contributed by atoms with Crippen LogP contribution < -0.4 is 0 Å². The third kappa shape index (κ3) is 3.14. The molecule has 2 aromatic carbocycles. The fourth-order valence-electron chi connectivity index (χ4n) is 2.15. The molecule has 0 fully saturated rings. The van der Waals surface area contributed by atoms with E-state index < -0.39 is 11.6 Å². The molecule has 0 amide bonds. The Kier molecular flexibility index (Phi) is 4.04. The molecular weight excluding hydrogens is 361 g/mol. The molecule has 0 N–H and O–H groups in total. The summed E-state index contributed by atoms with van der Waals surface area (Å²) in [6, 6.07) is 10.6. The summed E-state index contributed by atoms with van der Waals surface area (Å²) in [6.07, 6.45) is 0.534. The molecule has 3 aromatic rings. The molecule has 3 rings (SSSR count). The zero-order valence-electron chi connectivity index (χ0n) is 10.7. The molecule has 0 aliphatic carbocycles. The van der Waals surface area contributed by atoms with Crippen LogP contribution in [0.3, 0.4) is 0 Å². The minimum atomic E-state index is -0.845. The molecule has 108 valence electrons. The van der Waals surface area contributed by atoms with Crippen LogP contribution in [-0.4, -0.2) is 0 Å². The molecule has 1 heterocycles. The second-order valence-corrected chi connectivity index (χ2v) is 6.97. The van der Waals surface area contributed by atoms with E-state index in [2.05, 4.69) is 15.9 Å². The van der Waals surface area contributed by atoms with E-state index in [1.165, 1.54) is 29.5 Å². The minimum Gasteiger partial charge on any atom is -0.207 e. The first kappa shape index (κ1) is 14.6. The largest absolute Gasteiger partial charge is 0.207 e.